The number of hydrogen-bond donors (Lipinski definition) is 3. The number of anilines is 3. The zero-order chi connectivity index (χ0) is 43.2. The van der Waals surface area contributed by atoms with E-state index in [1.165, 1.54) is 4.90 Å². The Kier molecular flexibility index (Phi) is 11.3. The first-order valence-corrected chi connectivity index (χ1v) is 21.6. The number of hydrogen-bond acceptors (Lipinski definition) is 11. The van der Waals surface area contributed by atoms with Gasteiger partial charge in [-0.15, -0.1) is 10.2 Å². The van der Waals surface area contributed by atoms with Crippen molar-refractivity contribution in [1.29, 1.82) is 0 Å². The van der Waals surface area contributed by atoms with Crippen LogP contribution in [0.3, 0.4) is 0 Å². The second-order valence-corrected chi connectivity index (χ2v) is 17.3. The summed E-state index contributed by atoms with van der Waals surface area (Å²) >= 11 is 0. The van der Waals surface area contributed by atoms with Crippen molar-refractivity contribution in [3.63, 3.8) is 0 Å². The molecule has 0 spiro atoms. The van der Waals surface area contributed by atoms with Crippen molar-refractivity contribution in [1.82, 2.24) is 34.9 Å². The van der Waals surface area contributed by atoms with Crippen LogP contribution < -0.4 is 20.9 Å². The molecule has 4 aliphatic rings. The number of nitrogens with zero attached hydrogens (tertiary/aromatic N) is 8. The zero-order valence-electron chi connectivity index (χ0n) is 35.3. The zero-order valence-corrected chi connectivity index (χ0v) is 35.3. The van der Waals surface area contributed by atoms with Gasteiger partial charge in [-0.05, 0) is 93.5 Å². The van der Waals surface area contributed by atoms with Gasteiger partial charge in [0.2, 0.25) is 5.91 Å². The van der Waals surface area contributed by atoms with Gasteiger partial charge in [-0.2, -0.15) is 0 Å². The molecular weight excluding hydrogens is 792 g/mol. The van der Waals surface area contributed by atoms with E-state index in [2.05, 4.69) is 37.2 Å². The van der Waals surface area contributed by atoms with Gasteiger partial charge in [0.05, 0.1) is 41.5 Å². The number of amides is 4. The van der Waals surface area contributed by atoms with E-state index in [1.54, 1.807) is 24.4 Å². The third-order valence-corrected chi connectivity index (χ3v) is 13.3. The number of phenolic OH excluding ortho intramolecular Hbond substituents is 1. The first-order valence-electron chi connectivity index (χ1n) is 21.6. The maximum Gasteiger partial charge on any atom is 0.328 e. The Morgan fingerprint density at radius 2 is 1.76 bits per heavy atom. The molecule has 3 aromatic heterocycles. The monoisotopic (exact) mass is 844 g/mol. The molecule has 4 fully saturated rings. The van der Waals surface area contributed by atoms with E-state index in [1.807, 2.05) is 72.0 Å². The van der Waals surface area contributed by atoms with Gasteiger partial charge in [-0.3, -0.25) is 19.8 Å². The second-order valence-electron chi connectivity index (χ2n) is 17.3. The summed E-state index contributed by atoms with van der Waals surface area (Å²) in [5.74, 6) is 0.496. The fraction of sp³-hybridized carbons (Fsp3) is 0.435. The Balaban J connectivity index is 0.780. The van der Waals surface area contributed by atoms with E-state index in [0.717, 1.165) is 48.1 Å². The predicted molar refractivity (Wildman–Crippen MR) is 234 cm³/mol. The van der Waals surface area contributed by atoms with Crippen LogP contribution in [-0.4, -0.2) is 117 Å². The third kappa shape index (κ3) is 8.04. The van der Waals surface area contributed by atoms with Crippen molar-refractivity contribution in [2.75, 3.05) is 61.3 Å². The van der Waals surface area contributed by atoms with Gasteiger partial charge in [0.1, 0.15) is 23.7 Å². The molecule has 0 bridgehead atoms. The molecule has 4 saturated heterocycles. The smallest absolute Gasteiger partial charge is 0.328 e. The minimum atomic E-state index is -1.08. The lowest BCUT2D eigenvalue weighted by molar-refractivity contribution is -0.120. The van der Waals surface area contributed by atoms with Crippen LogP contribution >= 0.6 is 0 Å². The number of halogens is 1. The molecule has 4 N–H and O–H groups in total. The number of nitrogens with one attached hydrogen (secondary N) is 1. The number of alkyl halides is 1. The van der Waals surface area contributed by atoms with Crippen LogP contribution in [0.4, 0.5) is 26.4 Å². The Labute approximate surface area is 359 Å². The number of imide groups is 1. The fourth-order valence-corrected chi connectivity index (χ4v) is 9.59. The highest BCUT2D eigenvalue weighted by atomic mass is 19.1. The number of pyridine rings is 1. The number of nitrogen functional groups attached to an aromatic ring is 1. The van der Waals surface area contributed by atoms with E-state index in [4.69, 9.17) is 10.5 Å². The van der Waals surface area contributed by atoms with Gasteiger partial charge in [0, 0.05) is 74.9 Å². The van der Waals surface area contributed by atoms with E-state index in [0.29, 0.717) is 72.5 Å². The highest BCUT2D eigenvalue weighted by molar-refractivity contribution is 6.06. The van der Waals surface area contributed by atoms with Crippen molar-refractivity contribution >= 4 is 46.1 Å². The Bertz CT molecular complexity index is 2490. The first kappa shape index (κ1) is 41.2. The molecule has 5 atom stereocenters. The van der Waals surface area contributed by atoms with Crippen molar-refractivity contribution < 1.29 is 28.6 Å². The Hall–Kier alpha value is -6.13. The molecule has 16 heteroatoms. The van der Waals surface area contributed by atoms with E-state index in [9.17, 15) is 19.5 Å². The number of fused-ring (bicyclic) bond motifs is 1. The van der Waals surface area contributed by atoms with E-state index in [-0.39, 0.29) is 54.8 Å². The van der Waals surface area contributed by atoms with Gasteiger partial charge in [-0.1, -0.05) is 24.3 Å². The molecule has 0 saturated carbocycles. The lowest BCUT2D eigenvalue weighted by Crippen LogP contribution is -2.50. The van der Waals surface area contributed by atoms with E-state index < -0.39 is 12.2 Å². The minimum Gasteiger partial charge on any atom is -0.507 e. The number of urea groups is 1. The van der Waals surface area contributed by atoms with Crippen molar-refractivity contribution in [2.24, 2.45) is 5.92 Å². The van der Waals surface area contributed by atoms with Crippen molar-refractivity contribution in [2.45, 2.75) is 76.9 Å². The number of benzene rings is 2. The van der Waals surface area contributed by atoms with E-state index >= 15 is 4.39 Å². The van der Waals surface area contributed by atoms with Crippen LogP contribution in [-0.2, 0) is 9.53 Å². The number of ether oxygens (including phenoxy) is 1. The highest BCUT2D eigenvalue weighted by Crippen LogP contribution is 2.38. The summed E-state index contributed by atoms with van der Waals surface area (Å²) < 4.78 is 24.4. The number of aryl methyl sites for hydroxylation is 1. The summed E-state index contributed by atoms with van der Waals surface area (Å²) in [6, 6.07) is 17.6. The summed E-state index contributed by atoms with van der Waals surface area (Å²) in [6.45, 7) is 10.1. The van der Waals surface area contributed by atoms with Crippen molar-refractivity contribution in [3.8, 4) is 17.0 Å². The largest absolute Gasteiger partial charge is 0.507 e. The third-order valence-electron chi connectivity index (χ3n) is 13.3. The van der Waals surface area contributed by atoms with Crippen LogP contribution in [0.15, 0.2) is 73.1 Å². The lowest BCUT2D eigenvalue weighted by Gasteiger charge is -2.43. The summed E-state index contributed by atoms with van der Waals surface area (Å²) in [4.78, 5) is 50.3. The number of para-hydroxylation sites is 1. The summed E-state index contributed by atoms with van der Waals surface area (Å²) in [7, 11) is 0. The van der Waals surface area contributed by atoms with Gasteiger partial charge in [0.15, 0.2) is 5.82 Å². The molecule has 0 unspecified atom stereocenters. The molecule has 15 nitrogen and oxygen atoms in total. The number of rotatable bonds is 8. The fourth-order valence-electron chi connectivity index (χ4n) is 9.59. The van der Waals surface area contributed by atoms with Crippen LogP contribution in [0, 0.1) is 12.8 Å². The van der Waals surface area contributed by atoms with Crippen LogP contribution in [0.25, 0.3) is 22.3 Å². The number of morpholine rings is 1. The number of likely N-dealkylation sites (tertiary alicyclic amines) is 2. The Morgan fingerprint density at radius 3 is 2.50 bits per heavy atom. The van der Waals surface area contributed by atoms with Crippen LogP contribution in [0.1, 0.15) is 73.2 Å². The second kappa shape index (κ2) is 17.0. The number of piperidine rings is 2. The number of aromatic nitrogens is 4. The molecule has 7 heterocycles. The van der Waals surface area contributed by atoms with Gasteiger partial charge >= 0.3 is 6.03 Å². The van der Waals surface area contributed by atoms with Gasteiger partial charge < -0.3 is 34.8 Å². The number of nitrogens with two attached hydrogens (primary N) is 1. The molecular formula is C46H53FN10O5. The normalized spacial score (nSPS) is 24.1. The van der Waals surface area contributed by atoms with Gasteiger partial charge in [-0.25, -0.2) is 14.2 Å². The topological polar surface area (TPSA) is 175 Å². The maximum absolute atomic E-state index is 16.0. The standard InChI is InChI=1S/C46H53FN10O5/c1-27-23-57(44-35(27)20-33(22-49-44)55-19-15-42(59)50-46(55)61)38-14-16-53(25-36(38)47)24-30-12-17-54(18-13-30)45(60)32-10-8-31(9-11-32)41-26-56(28(2)29(3)62-41)39-21-37(51-52-43(39)48)34-6-4-5-7-40(34)58/h4-11,20-23,28-30,36,38,41,58H,12-19,24-26H2,1-3H3,(H2,48,52)(H,50,59,61)/t28-,29+,36-,38-,41+/m1/s1. The molecule has 9 rings (SSSR count). The summed E-state index contributed by atoms with van der Waals surface area (Å²) in [6.07, 6.45) is 4.68. The molecule has 5 aromatic rings. The number of carbonyl (C=O) groups is 3. The predicted octanol–water partition coefficient (Wildman–Crippen LogP) is 6.03. The number of carbonyl (C=O) groups excluding carboxylic acids is 3. The molecule has 0 radical (unpaired) electrons. The van der Waals surface area contributed by atoms with Crippen LogP contribution in [0.2, 0.25) is 0 Å². The molecule has 2 aromatic carbocycles. The van der Waals surface area contributed by atoms with Gasteiger partial charge in [0.25, 0.3) is 5.91 Å². The summed E-state index contributed by atoms with van der Waals surface area (Å²) in [5, 5.41) is 22.2. The first-order chi connectivity index (χ1) is 29.9. The number of phenols is 1. The maximum atomic E-state index is 16.0. The Morgan fingerprint density at radius 1 is 0.984 bits per heavy atom. The number of aromatic hydroxyl groups is 1. The molecule has 4 amide bonds. The summed E-state index contributed by atoms with van der Waals surface area (Å²) in [5.41, 5.74) is 12.0. The van der Waals surface area contributed by atoms with Crippen LogP contribution in [0.5, 0.6) is 5.75 Å². The molecule has 4 aliphatic heterocycles. The average Bonchev–Trinajstić information content (AvgIpc) is 3.60. The minimum absolute atomic E-state index is 0.00409. The highest BCUT2D eigenvalue weighted by Gasteiger charge is 2.36. The lowest BCUT2D eigenvalue weighted by atomic mass is 9.93. The quantitative estimate of drug-likeness (QED) is 0.166. The average molecular weight is 845 g/mol. The molecule has 62 heavy (non-hydrogen) atoms. The molecule has 324 valence electrons. The SMILES string of the molecule is Cc1cn([C@@H]2CCN(CC3CCN(C(=O)c4ccc([C@@H]5CN(c6cc(-c7ccccc7O)nnc6N)[C@H](C)[C@H](C)O5)cc4)CC3)C[C@H]2F)c2ncc(N3CCC(=O)NC3=O)cc12. The van der Waals surface area contributed by atoms with Crippen molar-refractivity contribution in [3.05, 3.63) is 89.7 Å². The molecule has 0 aliphatic carbocycles.